The molecule has 1 saturated heterocycles. The summed E-state index contributed by atoms with van der Waals surface area (Å²) >= 11 is 5.97. The summed E-state index contributed by atoms with van der Waals surface area (Å²) in [5.74, 6) is 0.778. The minimum atomic E-state index is -0.238. The Morgan fingerprint density at radius 1 is 1.57 bits per heavy atom. The van der Waals surface area contributed by atoms with E-state index in [2.05, 4.69) is 4.98 Å². The lowest BCUT2D eigenvalue weighted by molar-refractivity contribution is 0.198. The summed E-state index contributed by atoms with van der Waals surface area (Å²) in [6, 6.07) is 3.62. The predicted molar refractivity (Wildman–Crippen MR) is 59.3 cm³/mol. The number of nitrogens with zero attached hydrogens (tertiary/aromatic N) is 2. The van der Waals surface area contributed by atoms with Gasteiger partial charge < -0.3 is 10.0 Å². The van der Waals surface area contributed by atoms with E-state index in [1.54, 1.807) is 12.3 Å². The standard InChI is InChI=1S/C9H11ClN2O.ClH/c10-8-2-1-4-11-9(8)12-5-3-7(13)6-12;/h1-2,4,7,13H,3,5-6H2;1H. The van der Waals surface area contributed by atoms with Crippen molar-refractivity contribution in [2.45, 2.75) is 12.5 Å². The number of hydrogen-bond donors (Lipinski definition) is 1. The lowest BCUT2D eigenvalue weighted by atomic mass is 10.3. The van der Waals surface area contributed by atoms with Crippen LogP contribution in [0.3, 0.4) is 0 Å². The van der Waals surface area contributed by atoms with E-state index in [1.165, 1.54) is 0 Å². The van der Waals surface area contributed by atoms with Crippen LogP contribution < -0.4 is 4.90 Å². The first-order valence-electron chi connectivity index (χ1n) is 4.31. The highest BCUT2D eigenvalue weighted by Gasteiger charge is 2.22. The van der Waals surface area contributed by atoms with Crippen molar-refractivity contribution in [3.05, 3.63) is 23.4 Å². The zero-order valence-corrected chi connectivity index (χ0v) is 9.13. The number of aliphatic hydroxyl groups is 1. The number of β-amino-alcohol motifs (C(OH)–C–C–N with tert-alkyl or cyclic N) is 1. The van der Waals surface area contributed by atoms with E-state index in [0.29, 0.717) is 11.6 Å². The van der Waals surface area contributed by atoms with Crippen LogP contribution in [0, 0.1) is 0 Å². The van der Waals surface area contributed by atoms with Crippen LogP contribution in [-0.2, 0) is 0 Å². The molecule has 2 rings (SSSR count). The highest BCUT2D eigenvalue weighted by atomic mass is 35.5. The van der Waals surface area contributed by atoms with Crippen molar-refractivity contribution in [3.8, 4) is 0 Å². The van der Waals surface area contributed by atoms with Crippen LogP contribution >= 0.6 is 24.0 Å². The summed E-state index contributed by atoms with van der Waals surface area (Å²) in [5.41, 5.74) is 0. The Kier molecular flexibility index (Phi) is 3.98. The Morgan fingerprint density at radius 3 is 2.93 bits per heavy atom. The third-order valence-electron chi connectivity index (χ3n) is 2.20. The fraction of sp³-hybridized carbons (Fsp3) is 0.444. The summed E-state index contributed by atoms with van der Waals surface area (Å²) in [6.07, 6.45) is 2.27. The number of pyridine rings is 1. The SMILES string of the molecule is Cl.OC1CCN(c2ncccc2Cl)C1. The summed E-state index contributed by atoms with van der Waals surface area (Å²) in [7, 11) is 0. The van der Waals surface area contributed by atoms with Gasteiger partial charge in [-0.15, -0.1) is 12.4 Å². The number of halogens is 2. The maximum Gasteiger partial charge on any atom is 0.147 e. The van der Waals surface area contributed by atoms with Gasteiger partial charge in [-0.25, -0.2) is 4.98 Å². The van der Waals surface area contributed by atoms with Gasteiger partial charge in [0, 0.05) is 19.3 Å². The average molecular weight is 235 g/mol. The van der Waals surface area contributed by atoms with Crippen LogP contribution in [0.15, 0.2) is 18.3 Å². The largest absolute Gasteiger partial charge is 0.391 e. The molecule has 1 aliphatic rings. The molecule has 0 bridgehead atoms. The fourth-order valence-electron chi connectivity index (χ4n) is 1.54. The minimum Gasteiger partial charge on any atom is -0.391 e. The van der Waals surface area contributed by atoms with Crippen molar-refractivity contribution in [1.29, 1.82) is 0 Å². The molecule has 1 aromatic rings. The molecule has 1 N–H and O–H groups in total. The van der Waals surface area contributed by atoms with Crippen LogP contribution in [0.5, 0.6) is 0 Å². The van der Waals surface area contributed by atoms with Crippen molar-refractivity contribution < 1.29 is 5.11 Å². The number of aromatic nitrogens is 1. The van der Waals surface area contributed by atoms with Crippen LogP contribution in [0.4, 0.5) is 5.82 Å². The van der Waals surface area contributed by atoms with E-state index in [0.717, 1.165) is 18.8 Å². The van der Waals surface area contributed by atoms with Gasteiger partial charge >= 0.3 is 0 Å². The van der Waals surface area contributed by atoms with Gasteiger partial charge in [-0.3, -0.25) is 0 Å². The third kappa shape index (κ3) is 2.29. The molecule has 14 heavy (non-hydrogen) atoms. The molecular weight excluding hydrogens is 223 g/mol. The highest BCUT2D eigenvalue weighted by Crippen LogP contribution is 2.25. The Labute approximate surface area is 94.1 Å². The quantitative estimate of drug-likeness (QED) is 0.805. The van der Waals surface area contributed by atoms with Crippen LogP contribution in [-0.4, -0.2) is 29.3 Å². The minimum absolute atomic E-state index is 0. The smallest absolute Gasteiger partial charge is 0.147 e. The van der Waals surface area contributed by atoms with E-state index >= 15 is 0 Å². The van der Waals surface area contributed by atoms with Crippen LogP contribution in [0.2, 0.25) is 5.02 Å². The van der Waals surface area contributed by atoms with Crippen LogP contribution in [0.25, 0.3) is 0 Å². The van der Waals surface area contributed by atoms with Crippen molar-refractivity contribution in [3.63, 3.8) is 0 Å². The van der Waals surface area contributed by atoms with Crippen molar-refractivity contribution >= 4 is 29.8 Å². The molecule has 0 radical (unpaired) electrons. The van der Waals surface area contributed by atoms with Crippen molar-refractivity contribution in [2.24, 2.45) is 0 Å². The Morgan fingerprint density at radius 2 is 2.36 bits per heavy atom. The Bertz CT molecular complexity index is 309. The predicted octanol–water partition coefficient (Wildman–Crippen LogP) is 1.73. The molecule has 0 aliphatic carbocycles. The van der Waals surface area contributed by atoms with E-state index in [9.17, 15) is 5.11 Å². The summed E-state index contributed by atoms with van der Waals surface area (Å²) in [6.45, 7) is 1.47. The molecule has 0 aromatic carbocycles. The number of anilines is 1. The number of rotatable bonds is 1. The van der Waals surface area contributed by atoms with Gasteiger partial charge in [0.05, 0.1) is 11.1 Å². The molecule has 1 aromatic heterocycles. The van der Waals surface area contributed by atoms with Crippen LogP contribution in [0.1, 0.15) is 6.42 Å². The topological polar surface area (TPSA) is 36.4 Å². The van der Waals surface area contributed by atoms with Gasteiger partial charge in [0.15, 0.2) is 0 Å². The fourth-order valence-corrected chi connectivity index (χ4v) is 1.79. The zero-order valence-electron chi connectivity index (χ0n) is 7.56. The first-order valence-corrected chi connectivity index (χ1v) is 4.68. The molecule has 1 fully saturated rings. The normalized spacial score (nSPS) is 20.7. The summed E-state index contributed by atoms with van der Waals surface area (Å²) < 4.78 is 0. The van der Waals surface area contributed by atoms with E-state index < -0.39 is 0 Å². The third-order valence-corrected chi connectivity index (χ3v) is 2.50. The summed E-state index contributed by atoms with van der Waals surface area (Å²) in [4.78, 5) is 6.18. The monoisotopic (exact) mass is 234 g/mol. The van der Waals surface area contributed by atoms with E-state index in [1.807, 2.05) is 11.0 Å². The second-order valence-corrected chi connectivity index (χ2v) is 3.60. The van der Waals surface area contributed by atoms with Gasteiger partial charge in [-0.1, -0.05) is 11.6 Å². The Balaban J connectivity index is 0.000000980. The van der Waals surface area contributed by atoms with E-state index in [-0.39, 0.29) is 18.5 Å². The molecule has 3 nitrogen and oxygen atoms in total. The maximum absolute atomic E-state index is 9.34. The second kappa shape index (κ2) is 4.82. The molecule has 1 unspecified atom stereocenters. The second-order valence-electron chi connectivity index (χ2n) is 3.20. The molecule has 0 amide bonds. The van der Waals surface area contributed by atoms with E-state index in [4.69, 9.17) is 11.6 Å². The van der Waals surface area contributed by atoms with Gasteiger partial charge in [0.2, 0.25) is 0 Å². The number of aliphatic hydroxyl groups excluding tert-OH is 1. The molecule has 5 heteroatoms. The molecule has 0 saturated carbocycles. The molecule has 0 spiro atoms. The molecule has 78 valence electrons. The van der Waals surface area contributed by atoms with Crippen molar-refractivity contribution in [2.75, 3.05) is 18.0 Å². The molecule has 1 atom stereocenters. The molecular formula is C9H12Cl2N2O. The molecule has 2 heterocycles. The first-order chi connectivity index (χ1) is 6.27. The van der Waals surface area contributed by atoms with Gasteiger partial charge in [-0.05, 0) is 18.6 Å². The Hall–Kier alpha value is -0.510. The van der Waals surface area contributed by atoms with Gasteiger partial charge in [0.25, 0.3) is 0 Å². The van der Waals surface area contributed by atoms with Gasteiger partial charge in [-0.2, -0.15) is 0 Å². The lowest BCUT2D eigenvalue weighted by Gasteiger charge is -2.17. The van der Waals surface area contributed by atoms with Crippen molar-refractivity contribution in [1.82, 2.24) is 4.98 Å². The lowest BCUT2D eigenvalue weighted by Crippen LogP contribution is -2.22. The summed E-state index contributed by atoms with van der Waals surface area (Å²) in [5, 5.41) is 9.99. The maximum atomic E-state index is 9.34. The number of hydrogen-bond acceptors (Lipinski definition) is 3. The highest BCUT2D eigenvalue weighted by molar-refractivity contribution is 6.32. The average Bonchev–Trinajstić information content (AvgIpc) is 2.53. The first kappa shape index (κ1) is 11.6. The zero-order chi connectivity index (χ0) is 9.26. The molecule has 1 aliphatic heterocycles. The van der Waals surface area contributed by atoms with Gasteiger partial charge in [0.1, 0.15) is 5.82 Å².